The van der Waals surface area contributed by atoms with Gasteiger partial charge < -0.3 is 15.2 Å². The minimum absolute atomic E-state index is 0.0371. The zero-order valence-electron chi connectivity index (χ0n) is 16.5. The molecule has 0 fully saturated rings. The monoisotopic (exact) mass is 362 g/mol. The van der Waals surface area contributed by atoms with Crippen LogP contribution in [0, 0.1) is 5.41 Å². The Hall–Kier alpha value is -1.59. The van der Waals surface area contributed by atoms with Gasteiger partial charge in [0.15, 0.2) is 0 Å². The molecule has 0 radical (unpaired) electrons. The second-order valence-corrected chi connectivity index (χ2v) is 8.07. The van der Waals surface area contributed by atoms with Crippen molar-refractivity contribution < 1.29 is 14.6 Å². The van der Waals surface area contributed by atoms with E-state index in [0.29, 0.717) is 19.5 Å². The molecule has 146 valence electrons. The Morgan fingerprint density at radius 3 is 2.88 bits per heavy atom. The molecule has 2 rings (SSSR count). The zero-order valence-corrected chi connectivity index (χ0v) is 16.5. The van der Waals surface area contributed by atoms with Crippen LogP contribution in [0.15, 0.2) is 24.3 Å². The van der Waals surface area contributed by atoms with Crippen molar-refractivity contribution in [3.8, 4) is 5.75 Å². The summed E-state index contributed by atoms with van der Waals surface area (Å²) >= 11 is 0. The number of carbonyl (C=O) groups is 1. The van der Waals surface area contributed by atoms with E-state index in [2.05, 4.69) is 23.2 Å². The van der Waals surface area contributed by atoms with Crippen molar-refractivity contribution in [2.45, 2.75) is 59.1 Å². The van der Waals surface area contributed by atoms with E-state index in [0.717, 1.165) is 38.1 Å². The number of benzene rings is 1. The Bertz CT molecular complexity index is 574. The predicted molar refractivity (Wildman–Crippen MR) is 104 cm³/mol. The van der Waals surface area contributed by atoms with Gasteiger partial charge in [-0.25, -0.2) is 0 Å². The van der Waals surface area contributed by atoms with Gasteiger partial charge >= 0.3 is 0 Å². The van der Waals surface area contributed by atoms with Crippen molar-refractivity contribution in [3.05, 3.63) is 29.8 Å². The lowest BCUT2D eigenvalue weighted by molar-refractivity contribution is -0.122. The SMILES string of the molecule is CCCC[C@@H]1CN(CCC(=O)NCC(C)(C)CO)Cc2ccccc2O1. The number of nitrogens with one attached hydrogen (secondary N) is 1. The first-order valence-electron chi connectivity index (χ1n) is 9.78. The zero-order chi connectivity index (χ0) is 19.0. The fraction of sp³-hybridized carbons (Fsp3) is 0.667. The molecule has 0 spiro atoms. The Labute approximate surface area is 157 Å². The fourth-order valence-electron chi connectivity index (χ4n) is 3.05. The van der Waals surface area contributed by atoms with Gasteiger partial charge in [-0.05, 0) is 18.9 Å². The van der Waals surface area contributed by atoms with Crippen LogP contribution in [0.5, 0.6) is 5.75 Å². The second-order valence-electron chi connectivity index (χ2n) is 8.07. The number of rotatable bonds is 9. The summed E-state index contributed by atoms with van der Waals surface area (Å²) in [7, 11) is 0. The number of hydrogen-bond acceptors (Lipinski definition) is 4. The van der Waals surface area contributed by atoms with Gasteiger partial charge in [0.25, 0.3) is 0 Å². The van der Waals surface area contributed by atoms with Crippen LogP contribution in [0.25, 0.3) is 0 Å². The van der Waals surface area contributed by atoms with Gasteiger partial charge in [0.05, 0.1) is 0 Å². The van der Waals surface area contributed by atoms with E-state index in [1.165, 1.54) is 5.56 Å². The third-order valence-electron chi connectivity index (χ3n) is 4.85. The number of para-hydroxylation sites is 1. The summed E-state index contributed by atoms with van der Waals surface area (Å²) < 4.78 is 6.23. The van der Waals surface area contributed by atoms with E-state index in [9.17, 15) is 9.90 Å². The molecule has 0 saturated heterocycles. The van der Waals surface area contributed by atoms with E-state index < -0.39 is 0 Å². The van der Waals surface area contributed by atoms with Crippen LogP contribution in [0.3, 0.4) is 0 Å². The summed E-state index contributed by atoms with van der Waals surface area (Å²) in [6.45, 7) is 9.01. The van der Waals surface area contributed by atoms with Gasteiger partial charge in [-0.15, -0.1) is 0 Å². The van der Waals surface area contributed by atoms with E-state index in [1.54, 1.807) is 0 Å². The van der Waals surface area contributed by atoms with E-state index in [-0.39, 0.29) is 24.0 Å². The summed E-state index contributed by atoms with van der Waals surface area (Å²) in [5, 5.41) is 12.2. The standard InChI is InChI=1S/C21H34N2O3/c1-4-5-9-18-14-23(13-17-8-6-7-10-19(17)26-18)12-11-20(25)22-15-21(2,3)16-24/h6-8,10,18,24H,4-5,9,11-16H2,1-3H3,(H,22,25)/t18-/m1/s1. The van der Waals surface area contributed by atoms with Crippen molar-refractivity contribution in [2.75, 3.05) is 26.2 Å². The molecule has 1 heterocycles. The molecule has 2 N–H and O–H groups in total. The topological polar surface area (TPSA) is 61.8 Å². The molecule has 1 aromatic carbocycles. The molecule has 0 aliphatic carbocycles. The number of carbonyl (C=O) groups excluding carboxylic acids is 1. The van der Waals surface area contributed by atoms with Crippen molar-refractivity contribution >= 4 is 5.91 Å². The number of fused-ring (bicyclic) bond motifs is 1. The summed E-state index contributed by atoms with van der Waals surface area (Å²) in [5.41, 5.74) is 0.907. The molecule has 1 aliphatic heterocycles. The van der Waals surface area contributed by atoms with Gasteiger partial charge in [0, 0.05) is 50.2 Å². The molecular formula is C21H34N2O3. The lowest BCUT2D eigenvalue weighted by atomic mass is 9.95. The summed E-state index contributed by atoms with van der Waals surface area (Å²) in [4.78, 5) is 14.5. The first-order valence-corrected chi connectivity index (χ1v) is 9.78. The average molecular weight is 363 g/mol. The maximum Gasteiger partial charge on any atom is 0.221 e. The Morgan fingerprint density at radius 1 is 1.38 bits per heavy atom. The third kappa shape index (κ3) is 6.61. The van der Waals surface area contributed by atoms with Crippen LogP contribution in [-0.2, 0) is 11.3 Å². The van der Waals surface area contributed by atoms with E-state index in [4.69, 9.17) is 4.74 Å². The maximum atomic E-state index is 12.2. The summed E-state index contributed by atoms with van der Waals surface area (Å²) in [6.07, 6.45) is 3.99. The lowest BCUT2D eigenvalue weighted by Crippen LogP contribution is -2.39. The maximum absolute atomic E-state index is 12.2. The van der Waals surface area contributed by atoms with Crippen LogP contribution < -0.4 is 10.1 Å². The first-order chi connectivity index (χ1) is 12.4. The predicted octanol–water partition coefficient (Wildman–Crippen LogP) is 2.96. The smallest absolute Gasteiger partial charge is 0.221 e. The second kappa shape index (κ2) is 9.93. The molecular weight excluding hydrogens is 328 g/mol. The highest BCUT2D eigenvalue weighted by atomic mass is 16.5. The molecule has 0 aromatic heterocycles. The molecule has 1 aliphatic rings. The van der Waals surface area contributed by atoms with Crippen LogP contribution in [0.4, 0.5) is 0 Å². The molecule has 0 unspecified atom stereocenters. The number of amides is 1. The van der Waals surface area contributed by atoms with Crippen molar-refractivity contribution in [2.24, 2.45) is 5.41 Å². The van der Waals surface area contributed by atoms with Crippen molar-refractivity contribution in [1.82, 2.24) is 10.2 Å². The molecule has 1 amide bonds. The quantitative estimate of drug-likeness (QED) is 0.709. The normalized spacial score (nSPS) is 17.9. The molecule has 5 heteroatoms. The van der Waals surface area contributed by atoms with Crippen LogP contribution >= 0.6 is 0 Å². The summed E-state index contributed by atoms with van der Waals surface area (Å²) in [6, 6.07) is 8.20. The highest BCUT2D eigenvalue weighted by molar-refractivity contribution is 5.76. The molecule has 0 saturated carbocycles. The molecule has 1 atom stereocenters. The number of aliphatic hydroxyl groups excluding tert-OH is 1. The first kappa shape index (κ1) is 20.7. The number of ether oxygens (including phenoxy) is 1. The van der Waals surface area contributed by atoms with E-state index >= 15 is 0 Å². The minimum Gasteiger partial charge on any atom is -0.489 e. The van der Waals surface area contributed by atoms with Crippen LogP contribution in [0.1, 0.15) is 52.0 Å². The van der Waals surface area contributed by atoms with Gasteiger partial charge in [0.1, 0.15) is 11.9 Å². The lowest BCUT2D eigenvalue weighted by Gasteiger charge is -2.25. The molecule has 0 bridgehead atoms. The Balaban J connectivity index is 1.91. The van der Waals surface area contributed by atoms with Crippen LogP contribution in [-0.4, -0.2) is 48.3 Å². The molecule has 26 heavy (non-hydrogen) atoms. The van der Waals surface area contributed by atoms with Crippen LogP contribution in [0.2, 0.25) is 0 Å². The molecule has 1 aromatic rings. The third-order valence-corrected chi connectivity index (χ3v) is 4.85. The average Bonchev–Trinajstić information content (AvgIpc) is 2.81. The Kier molecular flexibility index (Phi) is 7.91. The van der Waals surface area contributed by atoms with Crippen molar-refractivity contribution in [1.29, 1.82) is 0 Å². The highest BCUT2D eigenvalue weighted by Crippen LogP contribution is 2.26. The fourth-order valence-corrected chi connectivity index (χ4v) is 3.05. The molecule has 5 nitrogen and oxygen atoms in total. The van der Waals surface area contributed by atoms with Gasteiger partial charge in [-0.3, -0.25) is 9.69 Å². The van der Waals surface area contributed by atoms with Gasteiger partial charge in [0.2, 0.25) is 5.91 Å². The highest BCUT2D eigenvalue weighted by Gasteiger charge is 2.23. The summed E-state index contributed by atoms with van der Waals surface area (Å²) in [5.74, 6) is 1.01. The van der Waals surface area contributed by atoms with E-state index in [1.807, 2.05) is 32.0 Å². The number of hydrogen-bond donors (Lipinski definition) is 2. The Morgan fingerprint density at radius 2 is 2.15 bits per heavy atom. The minimum atomic E-state index is -0.281. The number of unbranched alkanes of at least 4 members (excludes halogenated alkanes) is 1. The van der Waals surface area contributed by atoms with Gasteiger partial charge in [-0.1, -0.05) is 45.4 Å². The number of aliphatic hydroxyl groups is 1. The van der Waals surface area contributed by atoms with Crippen molar-refractivity contribution in [3.63, 3.8) is 0 Å². The number of nitrogens with zero attached hydrogens (tertiary/aromatic N) is 1. The van der Waals surface area contributed by atoms with Gasteiger partial charge in [-0.2, -0.15) is 0 Å². The largest absolute Gasteiger partial charge is 0.489 e.